The van der Waals surface area contributed by atoms with Crippen LogP contribution in [0, 0.1) is 0 Å². The Kier molecular flexibility index (Phi) is 5.71. The molecule has 4 aromatic rings. The van der Waals surface area contributed by atoms with Gasteiger partial charge < -0.3 is 10.1 Å². The number of hydrogen-bond donors (Lipinski definition) is 1. The van der Waals surface area contributed by atoms with Gasteiger partial charge in [0.15, 0.2) is 6.73 Å². The van der Waals surface area contributed by atoms with Gasteiger partial charge in [-0.1, -0.05) is 28.1 Å². The standard InChI is InChI=1S/C21H18BrN5O2/c22-18-5-7-20(8-6-18)29-15-27-14-19(12-24-27)25-21(28)17-4-1-3-16(11-17)13-26-10-2-9-23-26/h1-12,14H,13,15H2,(H,25,28). The molecule has 0 spiro atoms. The van der Waals surface area contributed by atoms with Gasteiger partial charge in [0, 0.05) is 22.4 Å². The van der Waals surface area contributed by atoms with Crippen molar-refractivity contribution in [3.05, 3.63) is 95.0 Å². The largest absolute Gasteiger partial charge is 0.471 e. The fourth-order valence-corrected chi connectivity index (χ4v) is 3.03. The lowest BCUT2D eigenvalue weighted by Gasteiger charge is -2.07. The van der Waals surface area contributed by atoms with E-state index in [-0.39, 0.29) is 12.6 Å². The van der Waals surface area contributed by atoms with E-state index in [2.05, 4.69) is 31.4 Å². The second-order valence-electron chi connectivity index (χ2n) is 6.35. The Balaban J connectivity index is 1.35. The van der Waals surface area contributed by atoms with Gasteiger partial charge in [0.25, 0.3) is 5.91 Å². The molecule has 0 saturated carbocycles. The van der Waals surface area contributed by atoms with Crippen LogP contribution >= 0.6 is 15.9 Å². The summed E-state index contributed by atoms with van der Waals surface area (Å²) >= 11 is 3.39. The average Bonchev–Trinajstić information content (AvgIpc) is 3.40. The number of ether oxygens (including phenoxy) is 1. The molecule has 4 rings (SSSR count). The van der Waals surface area contributed by atoms with Gasteiger partial charge in [-0.15, -0.1) is 0 Å². The van der Waals surface area contributed by atoms with E-state index in [1.807, 2.05) is 59.4 Å². The van der Waals surface area contributed by atoms with Crippen molar-refractivity contribution in [3.63, 3.8) is 0 Å². The van der Waals surface area contributed by atoms with Crippen molar-refractivity contribution in [2.24, 2.45) is 0 Å². The monoisotopic (exact) mass is 451 g/mol. The zero-order valence-electron chi connectivity index (χ0n) is 15.4. The normalized spacial score (nSPS) is 10.7. The molecule has 0 saturated heterocycles. The van der Waals surface area contributed by atoms with E-state index in [4.69, 9.17) is 4.74 Å². The lowest BCUT2D eigenvalue weighted by atomic mass is 10.1. The number of halogens is 1. The summed E-state index contributed by atoms with van der Waals surface area (Å²) < 4.78 is 10.1. The van der Waals surface area contributed by atoms with Gasteiger partial charge >= 0.3 is 0 Å². The van der Waals surface area contributed by atoms with Gasteiger partial charge in [-0.25, -0.2) is 4.68 Å². The first kappa shape index (κ1) is 18.9. The van der Waals surface area contributed by atoms with E-state index in [0.29, 0.717) is 17.8 Å². The fourth-order valence-electron chi connectivity index (χ4n) is 2.77. The Morgan fingerprint density at radius 2 is 1.93 bits per heavy atom. The number of aromatic nitrogens is 4. The second-order valence-corrected chi connectivity index (χ2v) is 7.27. The van der Waals surface area contributed by atoms with Crippen molar-refractivity contribution in [1.29, 1.82) is 0 Å². The van der Waals surface area contributed by atoms with Gasteiger partial charge in [0.1, 0.15) is 5.75 Å². The first-order valence-corrected chi connectivity index (χ1v) is 9.73. The first-order valence-electron chi connectivity index (χ1n) is 8.94. The maximum absolute atomic E-state index is 12.6. The third-order valence-electron chi connectivity index (χ3n) is 4.16. The van der Waals surface area contributed by atoms with Crippen LogP contribution in [0.5, 0.6) is 5.75 Å². The molecule has 2 aromatic heterocycles. The fraction of sp³-hybridized carbons (Fsp3) is 0.0952. The first-order chi connectivity index (χ1) is 14.2. The number of anilines is 1. The summed E-state index contributed by atoms with van der Waals surface area (Å²) in [5, 5.41) is 11.3. The Labute approximate surface area is 176 Å². The molecule has 8 heteroatoms. The van der Waals surface area contributed by atoms with Gasteiger partial charge in [0.2, 0.25) is 0 Å². The van der Waals surface area contributed by atoms with Crippen molar-refractivity contribution in [2.75, 3.05) is 5.32 Å². The minimum atomic E-state index is -0.194. The molecule has 0 aliphatic carbocycles. The number of nitrogens with zero attached hydrogens (tertiary/aromatic N) is 4. The van der Waals surface area contributed by atoms with E-state index in [0.717, 1.165) is 15.8 Å². The topological polar surface area (TPSA) is 74.0 Å². The van der Waals surface area contributed by atoms with Crippen molar-refractivity contribution < 1.29 is 9.53 Å². The third kappa shape index (κ3) is 5.11. The second kappa shape index (κ2) is 8.74. The molecular weight excluding hydrogens is 434 g/mol. The van der Waals surface area contributed by atoms with Crippen molar-refractivity contribution >= 4 is 27.5 Å². The molecule has 0 aliphatic heterocycles. The molecule has 1 amide bonds. The zero-order valence-corrected chi connectivity index (χ0v) is 17.0. The van der Waals surface area contributed by atoms with Crippen LogP contribution in [0.4, 0.5) is 5.69 Å². The highest BCUT2D eigenvalue weighted by Gasteiger charge is 2.09. The van der Waals surface area contributed by atoms with E-state index in [9.17, 15) is 4.79 Å². The molecule has 29 heavy (non-hydrogen) atoms. The van der Waals surface area contributed by atoms with Crippen LogP contribution in [0.25, 0.3) is 0 Å². The molecule has 2 aromatic carbocycles. The van der Waals surface area contributed by atoms with E-state index in [1.165, 1.54) is 0 Å². The van der Waals surface area contributed by atoms with E-state index >= 15 is 0 Å². The maximum Gasteiger partial charge on any atom is 0.255 e. The van der Waals surface area contributed by atoms with Crippen molar-refractivity contribution in [1.82, 2.24) is 19.6 Å². The van der Waals surface area contributed by atoms with Crippen LogP contribution in [0.15, 0.2) is 83.9 Å². The number of carbonyl (C=O) groups excluding carboxylic acids is 1. The Morgan fingerprint density at radius 1 is 1.07 bits per heavy atom. The predicted octanol–water partition coefficient (Wildman–Crippen LogP) is 4.18. The highest BCUT2D eigenvalue weighted by Crippen LogP contribution is 2.17. The lowest BCUT2D eigenvalue weighted by Crippen LogP contribution is -2.12. The molecule has 0 radical (unpaired) electrons. The lowest BCUT2D eigenvalue weighted by molar-refractivity contribution is 0.102. The Morgan fingerprint density at radius 3 is 2.72 bits per heavy atom. The van der Waals surface area contributed by atoms with E-state index < -0.39 is 0 Å². The van der Waals surface area contributed by atoms with Crippen molar-refractivity contribution in [2.45, 2.75) is 13.3 Å². The maximum atomic E-state index is 12.6. The number of benzene rings is 2. The van der Waals surface area contributed by atoms with Gasteiger partial charge in [0.05, 0.1) is 24.6 Å². The summed E-state index contributed by atoms with van der Waals surface area (Å²) in [4.78, 5) is 12.6. The van der Waals surface area contributed by atoms with Gasteiger partial charge in [-0.3, -0.25) is 9.48 Å². The van der Waals surface area contributed by atoms with E-state index in [1.54, 1.807) is 29.3 Å². The molecule has 1 N–H and O–H groups in total. The van der Waals surface area contributed by atoms with Gasteiger partial charge in [-0.05, 0) is 48.0 Å². The molecular formula is C21H18BrN5O2. The Bertz CT molecular complexity index is 1090. The number of carbonyl (C=O) groups is 1. The summed E-state index contributed by atoms with van der Waals surface area (Å²) in [6, 6.07) is 16.9. The molecule has 0 unspecified atom stereocenters. The molecule has 0 fully saturated rings. The number of amides is 1. The quantitative estimate of drug-likeness (QED) is 0.457. The zero-order chi connectivity index (χ0) is 20.1. The predicted molar refractivity (Wildman–Crippen MR) is 113 cm³/mol. The minimum absolute atomic E-state index is 0.194. The van der Waals surface area contributed by atoms with Crippen LogP contribution in [0.3, 0.4) is 0 Å². The molecule has 0 atom stereocenters. The van der Waals surface area contributed by atoms with Crippen LogP contribution < -0.4 is 10.1 Å². The molecule has 7 nitrogen and oxygen atoms in total. The highest BCUT2D eigenvalue weighted by molar-refractivity contribution is 9.10. The summed E-state index contributed by atoms with van der Waals surface area (Å²) in [5.41, 5.74) is 2.18. The van der Waals surface area contributed by atoms with Crippen LogP contribution in [0.1, 0.15) is 15.9 Å². The molecule has 146 valence electrons. The van der Waals surface area contributed by atoms with Crippen LogP contribution in [-0.2, 0) is 13.3 Å². The molecule has 0 aliphatic rings. The van der Waals surface area contributed by atoms with Crippen LogP contribution in [-0.4, -0.2) is 25.5 Å². The third-order valence-corrected chi connectivity index (χ3v) is 4.69. The number of nitrogens with one attached hydrogen (secondary N) is 1. The average molecular weight is 452 g/mol. The summed E-state index contributed by atoms with van der Waals surface area (Å²) in [6.07, 6.45) is 6.94. The van der Waals surface area contributed by atoms with Gasteiger partial charge in [-0.2, -0.15) is 10.2 Å². The summed E-state index contributed by atoms with van der Waals surface area (Å²) in [5.74, 6) is 0.545. The number of rotatable bonds is 7. The Hall–Kier alpha value is -3.39. The van der Waals surface area contributed by atoms with Crippen LogP contribution in [0.2, 0.25) is 0 Å². The summed E-state index contributed by atoms with van der Waals surface area (Å²) in [6.45, 7) is 0.857. The minimum Gasteiger partial charge on any atom is -0.471 e. The molecule has 0 bridgehead atoms. The SMILES string of the molecule is O=C(Nc1cnn(COc2ccc(Br)cc2)c1)c1cccc(Cn2cccn2)c1. The molecule has 2 heterocycles. The highest BCUT2D eigenvalue weighted by atomic mass is 79.9. The number of hydrogen-bond acceptors (Lipinski definition) is 4. The van der Waals surface area contributed by atoms with Crippen molar-refractivity contribution in [3.8, 4) is 5.75 Å². The smallest absolute Gasteiger partial charge is 0.255 e. The summed E-state index contributed by atoms with van der Waals surface area (Å²) in [7, 11) is 0.